The Hall–Kier alpha value is -1.98. The third-order valence-electron chi connectivity index (χ3n) is 5.22. The summed E-state index contributed by atoms with van der Waals surface area (Å²) in [6.45, 7) is 7.67. The van der Waals surface area contributed by atoms with Gasteiger partial charge in [-0.3, -0.25) is 9.59 Å². The lowest BCUT2D eigenvalue weighted by Crippen LogP contribution is -2.39. The molecule has 3 rings (SSSR count). The molecule has 0 N–H and O–H groups in total. The van der Waals surface area contributed by atoms with Crippen molar-refractivity contribution in [3.8, 4) is 0 Å². The van der Waals surface area contributed by atoms with Crippen molar-refractivity contribution in [2.75, 3.05) is 39.4 Å². The quantitative estimate of drug-likeness (QED) is 0.768. The summed E-state index contributed by atoms with van der Waals surface area (Å²) in [7, 11) is 0. The summed E-state index contributed by atoms with van der Waals surface area (Å²) in [6.07, 6.45) is 4.16. The van der Waals surface area contributed by atoms with Crippen molar-refractivity contribution in [3.63, 3.8) is 0 Å². The highest BCUT2D eigenvalue weighted by Gasteiger charge is 2.28. The Kier molecular flexibility index (Phi) is 5.66. The zero-order valence-electron chi connectivity index (χ0n) is 15.3. The average molecular weight is 348 g/mol. The number of amides is 2. The van der Waals surface area contributed by atoms with E-state index < -0.39 is 0 Å². The Morgan fingerprint density at radius 2 is 1.16 bits per heavy atom. The molecule has 0 aromatic rings. The van der Waals surface area contributed by atoms with Crippen molar-refractivity contribution < 1.29 is 19.1 Å². The fourth-order valence-electron chi connectivity index (χ4n) is 3.70. The van der Waals surface area contributed by atoms with Gasteiger partial charge in [-0.05, 0) is 46.0 Å². The van der Waals surface area contributed by atoms with Gasteiger partial charge in [-0.25, -0.2) is 0 Å². The average Bonchev–Trinajstić information content (AvgIpc) is 2.87. The summed E-state index contributed by atoms with van der Waals surface area (Å²) in [5, 5.41) is 0. The van der Waals surface area contributed by atoms with Crippen LogP contribution in [0, 0.1) is 0 Å². The molecule has 0 aromatic heterocycles. The van der Waals surface area contributed by atoms with Gasteiger partial charge in [-0.2, -0.15) is 0 Å². The van der Waals surface area contributed by atoms with Crippen LogP contribution >= 0.6 is 0 Å². The first kappa shape index (κ1) is 17.8. The van der Waals surface area contributed by atoms with Crippen LogP contribution in [0.5, 0.6) is 0 Å². The molecule has 6 nitrogen and oxygen atoms in total. The largest absolute Gasteiger partial charge is 0.498 e. The number of carbonyl (C=O) groups is 2. The van der Waals surface area contributed by atoms with Crippen LogP contribution in [0.15, 0.2) is 22.7 Å². The maximum atomic E-state index is 12.8. The van der Waals surface area contributed by atoms with Gasteiger partial charge in [0.15, 0.2) is 0 Å². The van der Waals surface area contributed by atoms with E-state index in [0.29, 0.717) is 39.4 Å². The van der Waals surface area contributed by atoms with E-state index >= 15 is 0 Å². The van der Waals surface area contributed by atoms with E-state index in [1.165, 1.54) is 0 Å². The molecular weight excluding hydrogens is 320 g/mol. The van der Waals surface area contributed by atoms with Crippen molar-refractivity contribution >= 4 is 11.8 Å². The second-order valence-corrected chi connectivity index (χ2v) is 6.91. The van der Waals surface area contributed by atoms with Gasteiger partial charge in [0, 0.05) is 26.2 Å². The molecule has 0 radical (unpaired) electrons. The molecule has 138 valence electrons. The predicted molar refractivity (Wildman–Crippen MR) is 93.5 cm³/mol. The minimum absolute atomic E-state index is 0.0721. The third kappa shape index (κ3) is 3.99. The Bertz CT molecular complexity index is 557. The number of rotatable bonds is 2. The first-order valence-corrected chi connectivity index (χ1v) is 9.31. The number of hydrogen-bond acceptors (Lipinski definition) is 4. The highest BCUT2D eigenvalue weighted by Crippen LogP contribution is 2.23. The zero-order chi connectivity index (χ0) is 17.8. The topological polar surface area (TPSA) is 59.1 Å². The van der Waals surface area contributed by atoms with Gasteiger partial charge < -0.3 is 19.3 Å². The number of hydrogen-bond donors (Lipinski definition) is 0. The van der Waals surface area contributed by atoms with Crippen LogP contribution in [0.3, 0.4) is 0 Å². The van der Waals surface area contributed by atoms with Gasteiger partial charge >= 0.3 is 0 Å². The maximum Gasteiger partial charge on any atom is 0.253 e. The molecule has 3 aliphatic heterocycles. The molecule has 0 aliphatic carbocycles. The highest BCUT2D eigenvalue weighted by atomic mass is 16.5. The second kappa shape index (κ2) is 7.93. The zero-order valence-corrected chi connectivity index (χ0v) is 15.3. The molecule has 1 fully saturated rings. The number of allylic oxidation sites excluding steroid dienone is 2. The Balaban J connectivity index is 1.64. The standard InChI is InChI=1S/C19H28N2O4/c1-14-16(6-3-12-24-14)18(22)20-8-5-9-21(11-10-20)19(23)17-7-4-13-25-15(17)2/h3-13H2,1-2H3. The number of nitrogens with zero attached hydrogens (tertiary/aromatic N) is 2. The molecule has 1 saturated heterocycles. The number of carbonyl (C=O) groups excluding carboxylic acids is 2. The van der Waals surface area contributed by atoms with Crippen molar-refractivity contribution in [2.24, 2.45) is 0 Å². The molecular formula is C19H28N2O4. The van der Waals surface area contributed by atoms with E-state index in [2.05, 4.69) is 0 Å². The van der Waals surface area contributed by atoms with Gasteiger partial charge in [-0.15, -0.1) is 0 Å². The first-order valence-electron chi connectivity index (χ1n) is 9.31. The monoisotopic (exact) mass is 348 g/mol. The van der Waals surface area contributed by atoms with Crippen LogP contribution in [0.25, 0.3) is 0 Å². The van der Waals surface area contributed by atoms with Crippen LogP contribution in [0.4, 0.5) is 0 Å². The van der Waals surface area contributed by atoms with Gasteiger partial charge in [0.05, 0.1) is 24.4 Å². The normalized spacial score (nSPS) is 22.3. The molecule has 0 saturated carbocycles. The van der Waals surface area contributed by atoms with Crippen LogP contribution in [0.2, 0.25) is 0 Å². The first-order chi connectivity index (χ1) is 12.1. The number of ether oxygens (including phenoxy) is 2. The maximum absolute atomic E-state index is 12.8. The van der Waals surface area contributed by atoms with Crippen molar-refractivity contribution in [2.45, 2.75) is 46.0 Å². The van der Waals surface area contributed by atoms with Gasteiger partial charge in [-0.1, -0.05) is 0 Å². The van der Waals surface area contributed by atoms with E-state index in [0.717, 1.165) is 54.8 Å². The van der Waals surface area contributed by atoms with E-state index in [1.807, 2.05) is 23.6 Å². The smallest absolute Gasteiger partial charge is 0.253 e. The Morgan fingerprint density at radius 3 is 1.56 bits per heavy atom. The Morgan fingerprint density at radius 1 is 0.720 bits per heavy atom. The fourth-order valence-corrected chi connectivity index (χ4v) is 3.70. The van der Waals surface area contributed by atoms with Crippen LogP contribution < -0.4 is 0 Å². The van der Waals surface area contributed by atoms with Crippen LogP contribution in [0.1, 0.15) is 46.0 Å². The lowest BCUT2D eigenvalue weighted by Gasteiger charge is -2.27. The summed E-state index contributed by atoms with van der Waals surface area (Å²) < 4.78 is 11.1. The molecule has 25 heavy (non-hydrogen) atoms. The fraction of sp³-hybridized carbons (Fsp3) is 0.684. The van der Waals surface area contributed by atoms with Gasteiger partial charge in [0.1, 0.15) is 11.5 Å². The molecule has 0 aromatic carbocycles. The molecule has 3 aliphatic rings. The van der Waals surface area contributed by atoms with E-state index in [4.69, 9.17) is 9.47 Å². The Labute approximate surface area is 149 Å². The lowest BCUT2D eigenvalue weighted by molar-refractivity contribution is -0.130. The van der Waals surface area contributed by atoms with Crippen molar-refractivity contribution in [1.82, 2.24) is 9.80 Å². The molecule has 0 spiro atoms. The minimum Gasteiger partial charge on any atom is -0.498 e. The predicted octanol–water partition coefficient (Wildman–Crippen LogP) is 2.22. The SMILES string of the molecule is CC1=C(C(=O)N2CCCN(C(=O)C3=C(C)OCCC3)CC2)CCCO1. The summed E-state index contributed by atoms with van der Waals surface area (Å²) in [5.41, 5.74) is 1.59. The highest BCUT2D eigenvalue weighted by molar-refractivity contribution is 5.95. The van der Waals surface area contributed by atoms with Gasteiger partial charge in [0.25, 0.3) is 11.8 Å². The molecule has 6 heteroatoms. The van der Waals surface area contributed by atoms with E-state index in [-0.39, 0.29) is 11.8 Å². The van der Waals surface area contributed by atoms with E-state index in [1.54, 1.807) is 0 Å². The summed E-state index contributed by atoms with van der Waals surface area (Å²) in [6, 6.07) is 0. The summed E-state index contributed by atoms with van der Waals surface area (Å²) in [4.78, 5) is 29.4. The molecule has 0 unspecified atom stereocenters. The van der Waals surface area contributed by atoms with Crippen LogP contribution in [-0.4, -0.2) is 61.0 Å². The van der Waals surface area contributed by atoms with Gasteiger partial charge in [0.2, 0.25) is 0 Å². The third-order valence-corrected chi connectivity index (χ3v) is 5.22. The molecule has 0 bridgehead atoms. The second-order valence-electron chi connectivity index (χ2n) is 6.91. The molecule has 0 atom stereocenters. The van der Waals surface area contributed by atoms with Crippen molar-refractivity contribution in [3.05, 3.63) is 22.7 Å². The van der Waals surface area contributed by atoms with Crippen molar-refractivity contribution in [1.29, 1.82) is 0 Å². The van der Waals surface area contributed by atoms with E-state index in [9.17, 15) is 9.59 Å². The summed E-state index contributed by atoms with van der Waals surface area (Å²) >= 11 is 0. The summed E-state index contributed by atoms with van der Waals surface area (Å²) in [5.74, 6) is 1.66. The molecule has 3 heterocycles. The van der Waals surface area contributed by atoms with Crippen LogP contribution in [-0.2, 0) is 19.1 Å². The lowest BCUT2D eigenvalue weighted by atomic mass is 10.1. The molecule has 2 amide bonds. The minimum atomic E-state index is 0.0721.